The summed E-state index contributed by atoms with van der Waals surface area (Å²) in [5, 5.41) is 28.6. The monoisotopic (exact) mass is 415 g/mol. The summed E-state index contributed by atoms with van der Waals surface area (Å²) in [4.78, 5) is 35.8. The third kappa shape index (κ3) is 3.76. The lowest BCUT2D eigenvalue weighted by Crippen LogP contribution is -2.23. The Bertz CT molecular complexity index is 1150. The van der Waals surface area contributed by atoms with Crippen LogP contribution >= 0.6 is 0 Å². The summed E-state index contributed by atoms with van der Waals surface area (Å²) in [6, 6.07) is 0. The van der Waals surface area contributed by atoms with Crippen molar-refractivity contribution in [3.8, 4) is 0 Å². The van der Waals surface area contributed by atoms with Crippen molar-refractivity contribution in [3.63, 3.8) is 0 Å². The number of amides is 2. The normalized spacial score (nSPS) is 10.8. The molecule has 2 amide bonds. The maximum atomic E-state index is 12.7. The number of anilines is 2. The summed E-state index contributed by atoms with van der Waals surface area (Å²) in [6.45, 7) is 4.58. The lowest BCUT2D eigenvalue weighted by Gasteiger charge is -2.09. The van der Waals surface area contributed by atoms with Gasteiger partial charge >= 0.3 is 5.69 Å². The first-order chi connectivity index (χ1) is 14.1. The first-order valence-electron chi connectivity index (χ1n) is 8.90. The van der Waals surface area contributed by atoms with Gasteiger partial charge in [0.1, 0.15) is 23.6 Å². The summed E-state index contributed by atoms with van der Waals surface area (Å²) in [7, 11) is 3.33. The number of hydrogen-bond acceptors (Lipinski definition) is 7. The fraction of sp³-hybridized carbons (Fsp3) is 0.353. The standard InChI is InChI=1S/C17H21N9O4/c1-9-15(26(29)30)11(3)25(22-9)8-14(27)20-13-7-19-24(5)16(13)17(28)21-12-6-18-23(4)10(12)2/h6-7H,8H2,1-5H3,(H,20,27)(H,21,28). The molecule has 0 saturated carbocycles. The highest BCUT2D eigenvalue weighted by Gasteiger charge is 2.24. The van der Waals surface area contributed by atoms with Crippen LogP contribution in [0.1, 0.15) is 27.6 Å². The van der Waals surface area contributed by atoms with Crippen LogP contribution in [0.5, 0.6) is 0 Å². The van der Waals surface area contributed by atoms with E-state index in [0.717, 1.165) is 5.69 Å². The Kier molecular flexibility index (Phi) is 5.36. The second-order valence-corrected chi connectivity index (χ2v) is 6.73. The summed E-state index contributed by atoms with van der Waals surface area (Å²) in [6.07, 6.45) is 2.88. The van der Waals surface area contributed by atoms with Crippen molar-refractivity contribution in [2.75, 3.05) is 10.6 Å². The zero-order chi connectivity index (χ0) is 22.2. The largest absolute Gasteiger partial charge is 0.321 e. The third-order valence-electron chi connectivity index (χ3n) is 4.73. The highest BCUT2D eigenvalue weighted by atomic mass is 16.6. The van der Waals surface area contributed by atoms with Gasteiger partial charge in [-0.3, -0.25) is 33.7 Å². The zero-order valence-electron chi connectivity index (χ0n) is 17.1. The van der Waals surface area contributed by atoms with Crippen molar-refractivity contribution >= 4 is 28.9 Å². The van der Waals surface area contributed by atoms with Gasteiger partial charge in [-0.25, -0.2) is 0 Å². The lowest BCUT2D eigenvalue weighted by atomic mass is 10.3. The number of aryl methyl sites for hydroxylation is 3. The van der Waals surface area contributed by atoms with Crippen LogP contribution in [0.4, 0.5) is 17.1 Å². The van der Waals surface area contributed by atoms with Crippen molar-refractivity contribution in [2.24, 2.45) is 14.1 Å². The quantitative estimate of drug-likeness (QED) is 0.451. The second kappa shape index (κ2) is 7.77. The van der Waals surface area contributed by atoms with Crippen LogP contribution in [0.25, 0.3) is 0 Å². The van der Waals surface area contributed by atoms with Crippen LogP contribution in [0.2, 0.25) is 0 Å². The van der Waals surface area contributed by atoms with Crippen molar-refractivity contribution in [1.29, 1.82) is 0 Å². The maximum absolute atomic E-state index is 12.7. The van der Waals surface area contributed by atoms with Crippen LogP contribution in [0.3, 0.4) is 0 Å². The smallest absolute Gasteiger partial charge is 0.312 e. The molecule has 13 heteroatoms. The molecule has 0 unspecified atom stereocenters. The van der Waals surface area contributed by atoms with Crippen LogP contribution in [-0.2, 0) is 25.4 Å². The molecule has 158 valence electrons. The van der Waals surface area contributed by atoms with E-state index in [1.807, 2.05) is 6.92 Å². The number of nitrogens with zero attached hydrogens (tertiary/aromatic N) is 7. The van der Waals surface area contributed by atoms with Gasteiger partial charge in [-0.05, 0) is 20.8 Å². The molecule has 2 N–H and O–H groups in total. The zero-order valence-corrected chi connectivity index (χ0v) is 17.1. The van der Waals surface area contributed by atoms with Gasteiger partial charge in [0.2, 0.25) is 5.91 Å². The summed E-state index contributed by atoms with van der Waals surface area (Å²) < 4.78 is 4.21. The Balaban J connectivity index is 1.77. The minimum Gasteiger partial charge on any atom is -0.321 e. The molecule has 30 heavy (non-hydrogen) atoms. The van der Waals surface area contributed by atoms with E-state index in [2.05, 4.69) is 25.9 Å². The molecule has 0 atom stereocenters. The molecule has 0 spiro atoms. The molecule has 0 aliphatic carbocycles. The lowest BCUT2D eigenvalue weighted by molar-refractivity contribution is -0.386. The molecule has 3 rings (SSSR count). The minimum absolute atomic E-state index is 0.129. The van der Waals surface area contributed by atoms with E-state index >= 15 is 0 Å². The number of rotatable bonds is 6. The van der Waals surface area contributed by atoms with Crippen LogP contribution in [-0.4, -0.2) is 46.1 Å². The summed E-state index contributed by atoms with van der Waals surface area (Å²) in [5.74, 6) is -0.974. The van der Waals surface area contributed by atoms with Gasteiger partial charge in [0.25, 0.3) is 5.91 Å². The molecular formula is C17H21N9O4. The highest BCUT2D eigenvalue weighted by Crippen LogP contribution is 2.22. The summed E-state index contributed by atoms with van der Waals surface area (Å²) >= 11 is 0. The van der Waals surface area contributed by atoms with E-state index in [4.69, 9.17) is 0 Å². The van der Waals surface area contributed by atoms with Gasteiger partial charge in [0.05, 0.1) is 34.4 Å². The molecule has 0 aliphatic rings. The molecule has 3 aromatic rings. The highest BCUT2D eigenvalue weighted by molar-refractivity contribution is 6.09. The van der Waals surface area contributed by atoms with Gasteiger partial charge in [-0.15, -0.1) is 0 Å². The SMILES string of the molecule is Cc1nn(CC(=O)Nc2cnn(C)c2C(=O)Nc2cnn(C)c2C)c(C)c1[N+](=O)[O-]. The fourth-order valence-electron chi connectivity index (χ4n) is 3.03. The molecule has 0 aromatic carbocycles. The van der Waals surface area contributed by atoms with Crippen LogP contribution < -0.4 is 10.6 Å². The Morgan fingerprint density at radius 3 is 2.23 bits per heavy atom. The fourth-order valence-corrected chi connectivity index (χ4v) is 3.03. The molecular weight excluding hydrogens is 394 g/mol. The Morgan fingerprint density at radius 2 is 1.67 bits per heavy atom. The van der Waals surface area contributed by atoms with E-state index in [0.29, 0.717) is 5.69 Å². The number of nitro groups is 1. The molecule has 0 bridgehead atoms. The Hall–Kier alpha value is -4.03. The van der Waals surface area contributed by atoms with Crippen LogP contribution in [0.15, 0.2) is 12.4 Å². The number of nitrogens with one attached hydrogen (secondary N) is 2. The molecule has 3 aromatic heterocycles. The van der Waals surface area contributed by atoms with E-state index in [1.165, 1.54) is 35.6 Å². The topological polar surface area (TPSA) is 155 Å². The van der Waals surface area contributed by atoms with E-state index in [9.17, 15) is 19.7 Å². The van der Waals surface area contributed by atoms with Gasteiger partial charge < -0.3 is 10.6 Å². The van der Waals surface area contributed by atoms with Gasteiger partial charge in [-0.2, -0.15) is 15.3 Å². The molecule has 0 fully saturated rings. The first kappa shape index (κ1) is 20.7. The van der Waals surface area contributed by atoms with Crippen molar-refractivity contribution in [2.45, 2.75) is 27.3 Å². The molecule has 3 heterocycles. The Labute approximate surface area is 170 Å². The van der Waals surface area contributed by atoms with Crippen LogP contribution in [0, 0.1) is 30.9 Å². The first-order valence-corrected chi connectivity index (χ1v) is 8.90. The second-order valence-electron chi connectivity index (χ2n) is 6.73. The van der Waals surface area contributed by atoms with Gasteiger partial charge in [0, 0.05) is 14.1 Å². The number of carbonyl (C=O) groups excluding carboxylic acids is 2. The van der Waals surface area contributed by atoms with Gasteiger partial charge in [0.15, 0.2) is 0 Å². The summed E-state index contributed by atoms with van der Waals surface area (Å²) in [5.41, 5.74) is 2.01. The molecule has 13 nitrogen and oxygen atoms in total. The third-order valence-corrected chi connectivity index (χ3v) is 4.73. The maximum Gasteiger partial charge on any atom is 0.312 e. The predicted molar refractivity (Wildman–Crippen MR) is 106 cm³/mol. The molecule has 0 saturated heterocycles. The molecule has 0 aliphatic heterocycles. The minimum atomic E-state index is -0.532. The Morgan fingerprint density at radius 1 is 1.03 bits per heavy atom. The number of aromatic nitrogens is 6. The van der Waals surface area contributed by atoms with Crippen molar-refractivity contribution in [3.05, 3.63) is 45.3 Å². The van der Waals surface area contributed by atoms with Crippen molar-refractivity contribution in [1.82, 2.24) is 29.3 Å². The van der Waals surface area contributed by atoms with E-state index in [-0.39, 0.29) is 35.0 Å². The van der Waals surface area contributed by atoms with Gasteiger partial charge in [-0.1, -0.05) is 0 Å². The van der Waals surface area contributed by atoms with E-state index in [1.54, 1.807) is 18.8 Å². The number of carbonyl (C=O) groups is 2. The average molecular weight is 415 g/mol. The van der Waals surface area contributed by atoms with E-state index < -0.39 is 16.7 Å². The predicted octanol–water partition coefficient (Wildman–Crippen LogP) is 1.07. The average Bonchev–Trinajstić information content (AvgIpc) is 3.26. The van der Waals surface area contributed by atoms with Crippen molar-refractivity contribution < 1.29 is 14.5 Å². The molecule has 0 radical (unpaired) electrons. The number of hydrogen-bond donors (Lipinski definition) is 2.